The van der Waals surface area contributed by atoms with E-state index in [1.807, 2.05) is 36.4 Å². The van der Waals surface area contributed by atoms with Gasteiger partial charge in [0.15, 0.2) is 0 Å². The van der Waals surface area contributed by atoms with Crippen LogP contribution in [-0.4, -0.2) is 48.9 Å². The zero-order valence-corrected chi connectivity index (χ0v) is 16.4. The highest BCUT2D eigenvalue weighted by Gasteiger charge is 2.26. The normalized spacial score (nSPS) is 18.4. The Morgan fingerprint density at radius 2 is 1.63 bits per heavy atom. The number of allylic oxidation sites excluding steroid dienone is 1. The Kier molecular flexibility index (Phi) is 4.92. The quantitative estimate of drug-likeness (QED) is 0.611. The van der Waals surface area contributed by atoms with E-state index >= 15 is 0 Å². The molecule has 0 atom stereocenters. The van der Waals surface area contributed by atoms with Crippen molar-refractivity contribution in [2.45, 2.75) is 0 Å². The van der Waals surface area contributed by atoms with E-state index in [1.165, 1.54) is 0 Å². The molecule has 0 unspecified atom stereocenters. The molecule has 6 heteroatoms. The smallest absolute Gasteiger partial charge is 0.137 e. The molecule has 2 heterocycles. The molecule has 0 spiro atoms. The third-order valence-electron chi connectivity index (χ3n) is 5.00. The Morgan fingerprint density at radius 3 is 2.33 bits per heavy atom. The van der Waals surface area contributed by atoms with Crippen LogP contribution in [0, 0.1) is 11.3 Å². The van der Waals surface area contributed by atoms with Gasteiger partial charge in [-0.25, -0.2) is 4.99 Å². The molecule has 136 valence electrons. The lowest BCUT2D eigenvalue weighted by atomic mass is 9.93. The number of benzene rings is 2. The highest BCUT2D eigenvalue weighted by molar-refractivity contribution is 6.31. The average molecular weight is 397 g/mol. The Labute approximate surface area is 168 Å². The minimum Gasteiger partial charge on any atom is -0.354 e. The first kappa shape index (κ1) is 18.1. The van der Waals surface area contributed by atoms with Gasteiger partial charge < -0.3 is 9.80 Å². The molecule has 2 aromatic carbocycles. The first-order chi connectivity index (χ1) is 13.1. The van der Waals surface area contributed by atoms with Crippen molar-refractivity contribution in [3.05, 3.63) is 69.2 Å². The van der Waals surface area contributed by atoms with Crippen LogP contribution in [0.3, 0.4) is 0 Å². The molecule has 4 rings (SSSR count). The number of nitrogens with zero attached hydrogens (tertiary/aromatic N) is 4. The van der Waals surface area contributed by atoms with Crippen LogP contribution in [0.4, 0.5) is 5.69 Å². The van der Waals surface area contributed by atoms with Crippen LogP contribution < -0.4 is 0 Å². The summed E-state index contributed by atoms with van der Waals surface area (Å²) in [6.45, 7) is 3.71. The zero-order chi connectivity index (χ0) is 19.0. The van der Waals surface area contributed by atoms with E-state index in [2.05, 4.69) is 22.9 Å². The van der Waals surface area contributed by atoms with E-state index in [-0.39, 0.29) is 0 Å². The fourth-order valence-corrected chi connectivity index (χ4v) is 3.90. The third-order valence-corrected chi connectivity index (χ3v) is 5.47. The third kappa shape index (κ3) is 3.46. The van der Waals surface area contributed by atoms with Crippen LogP contribution in [0.2, 0.25) is 10.0 Å². The van der Waals surface area contributed by atoms with Crippen molar-refractivity contribution >= 4 is 40.3 Å². The van der Waals surface area contributed by atoms with Crippen molar-refractivity contribution in [2.75, 3.05) is 33.2 Å². The van der Waals surface area contributed by atoms with E-state index in [9.17, 15) is 5.26 Å². The topological polar surface area (TPSA) is 42.6 Å². The fourth-order valence-electron chi connectivity index (χ4n) is 3.56. The predicted octanol–water partition coefficient (Wildman–Crippen LogP) is 4.59. The number of piperazine rings is 1. The van der Waals surface area contributed by atoms with Crippen molar-refractivity contribution in [3.8, 4) is 6.07 Å². The molecular weight excluding hydrogens is 379 g/mol. The number of rotatable bonds is 0. The molecule has 4 nitrogen and oxygen atoms in total. The molecular formula is C21H18Cl2N4. The minimum atomic E-state index is 0.621. The van der Waals surface area contributed by atoms with Gasteiger partial charge in [-0.2, -0.15) is 5.26 Å². The first-order valence-electron chi connectivity index (χ1n) is 8.79. The molecule has 0 amide bonds. The highest BCUT2D eigenvalue weighted by atomic mass is 35.5. The molecule has 0 bridgehead atoms. The first-order valence-corrected chi connectivity index (χ1v) is 9.54. The lowest BCUT2D eigenvalue weighted by molar-refractivity contribution is 0.216. The van der Waals surface area contributed by atoms with Gasteiger partial charge in [0.2, 0.25) is 0 Å². The largest absolute Gasteiger partial charge is 0.354 e. The summed E-state index contributed by atoms with van der Waals surface area (Å²) in [6, 6.07) is 13.5. The van der Waals surface area contributed by atoms with E-state index < -0.39 is 0 Å². The van der Waals surface area contributed by atoms with Gasteiger partial charge in [0.05, 0.1) is 11.8 Å². The molecule has 1 saturated heterocycles. The van der Waals surface area contributed by atoms with E-state index in [4.69, 9.17) is 28.2 Å². The average Bonchev–Trinajstić information content (AvgIpc) is 2.77. The Balaban J connectivity index is 1.97. The van der Waals surface area contributed by atoms with Crippen molar-refractivity contribution in [1.82, 2.24) is 9.80 Å². The van der Waals surface area contributed by atoms with Crippen LogP contribution in [0.5, 0.6) is 0 Å². The van der Waals surface area contributed by atoms with E-state index in [0.717, 1.165) is 60.0 Å². The standard InChI is InChI=1S/C21H18Cl2N4/c1-26-8-10-27(11-9-26)21-19-12-14(22)2-4-16(19)17(6-7-24)18-5-3-15(23)13-20(18)25-21/h2-6,12-13H,8-11H2,1H3/b17-6+. The van der Waals surface area contributed by atoms with Gasteiger partial charge in [0, 0.05) is 59.0 Å². The van der Waals surface area contributed by atoms with Crippen molar-refractivity contribution in [1.29, 1.82) is 5.26 Å². The lowest BCUT2D eigenvalue weighted by Crippen LogP contribution is -2.47. The highest BCUT2D eigenvalue weighted by Crippen LogP contribution is 2.39. The van der Waals surface area contributed by atoms with Crippen molar-refractivity contribution in [2.24, 2.45) is 4.99 Å². The second-order valence-corrected chi connectivity index (χ2v) is 7.64. The molecule has 0 aromatic heterocycles. The van der Waals surface area contributed by atoms with Crippen molar-refractivity contribution < 1.29 is 0 Å². The number of aliphatic imine (C=N–C) groups is 1. The van der Waals surface area contributed by atoms with Crippen LogP contribution >= 0.6 is 23.2 Å². The second kappa shape index (κ2) is 7.36. The number of likely N-dealkylation sites (N-methyl/N-ethyl adjacent to an activating group) is 1. The summed E-state index contributed by atoms with van der Waals surface area (Å²) in [5, 5.41) is 10.7. The van der Waals surface area contributed by atoms with Crippen LogP contribution in [-0.2, 0) is 0 Å². The van der Waals surface area contributed by atoms with Gasteiger partial charge in [0.25, 0.3) is 0 Å². The molecule has 0 aliphatic carbocycles. The van der Waals surface area contributed by atoms with Crippen LogP contribution in [0.1, 0.15) is 16.7 Å². The summed E-state index contributed by atoms with van der Waals surface area (Å²) in [7, 11) is 2.12. The molecule has 0 saturated carbocycles. The monoisotopic (exact) mass is 396 g/mol. The number of amidine groups is 1. The van der Waals surface area contributed by atoms with Gasteiger partial charge in [0.1, 0.15) is 5.84 Å². The number of hydrogen-bond acceptors (Lipinski definition) is 4. The van der Waals surface area contributed by atoms with Crippen LogP contribution in [0.15, 0.2) is 47.5 Å². The maximum atomic E-state index is 9.38. The molecule has 0 radical (unpaired) electrons. The van der Waals surface area contributed by atoms with Gasteiger partial charge in [-0.15, -0.1) is 0 Å². The van der Waals surface area contributed by atoms with Gasteiger partial charge in [-0.3, -0.25) is 0 Å². The predicted molar refractivity (Wildman–Crippen MR) is 111 cm³/mol. The molecule has 2 aliphatic rings. The maximum absolute atomic E-state index is 9.38. The molecule has 27 heavy (non-hydrogen) atoms. The Hall–Kier alpha value is -2.32. The second-order valence-electron chi connectivity index (χ2n) is 6.76. The molecule has 2 aliphatic heterocycles. The summed E-state index contributed by atoms with van der Waals surface area (Å²) in [5.41, 5.74) is 4.41. The Morgan fingerprint density at radius 1 is 0.963 bits per heavy atom. The SMILES string of the molecule is CN1CCN(C2=Nc3cc(Cl)ccc3/C(=C/C#N)c3ccc(Cl)cc32)CC1. The zero-order valence-electron chi connectivity index (χ0n) is 14.9. The van der Waals surface area contributed by atoms with Crippen molar-refractivity contribution in [3.63, 3.8) is 0 Å². The summed E-state index contributed by atoms with van der Waals surface area (Å²) in [4.78, 5) is 9.59. The van der Waals surface area contributed by atoms with Gasteiger partial charge in [-0.05, 0) is 36.9 Å². The number of halogens is 2. The summed E-state index contributed by atoms with van der Waals surface area (Å²) in [6.07, 6.45) is 1.57. The molecule has 2 aromatic rings. The minimum absolute atomic E-state index is 0.621. The van der Waals surface area contributed by atoms with E-state index in [1.54, 1.807) is 6.08 Å². The maximum Gasteiger partial charge on any atom is 0.137 e. The molecule has 1 fully saturated rings. The number of nitriles is 1. The Bertz CT molecular complexity index is 996. The fraction of sp³-hybridized carbons (Fsp3) is 0.238. The van der Waals surface area contributed by atoms with E-state index in [0.29, 0.717) is 10.0 Å². The summed E-state index contributed by atoms with van der Waals surface area (Å²) >= 11 is 12.6. The van der Waals surface area contributed by atoms with Gasteiger partial charge in [-0.1, -0.05) is 35.3 Å². The number of hydrogen-bond donors (Lipinski definition) is 0. The van der Waals surface area contributed by atoms with Crippen LogP contribution in [0.25, 0.3) is 5.57 Å². The summed E-state index contributed by atoms with van der Waals surface area (Å²) in [5.74, 6) is 0.880. The number of fused-ring (bicyclic) bond motifs is 2. The molecule has 0 N–H and O–H groups in total. The summed E-state index contributed by atoms with van der Waals surface area (Å²) < 4.78 is 0. The van der Waals surface area contributed by atoms with Gasteiger partial charge >= 0.3 is 0 Å². The lowest BCUT2D eigenvalue weighted by Gasteiger charge is -2.35.